The summed E-state index contributed by atoms with van der Waals surface area (Å²) >= 11 is -0.0517. The van der Waals surface area contributed by atoms with Crippen molar-refractivity contribution in [3.05, 3.63) is 42.0 Å². The van der Waals surface area contributed by atoms with Crippen molar-refractivity contribution >= 4 is 11.8 Å². The van der Waals surface area contributed by atoms with Gasteiger partial charge < -0.3 is 0 Å². The van der Waals surface area contributed by atoms with Crippen molar-refractivity contribution < 1.29 is 13.2 Å². The quantitative estimate of drug-likeness (QED) is 0.536. The molecule has 0 heterocycles. The van der Waals surface area contributed by atoms with Crippen LogP contribution in [0.1, 0.15) is 25.3 Å². The standard InChI is InChI=1S/C13H13F3S/c1-12(7-2-3-8-12)10-5-4-6-11(9-10)17-13(14,15)16/h2,4-7,9H,3,8H2,1H3/t12-/m0/s1. The van der Waals surface area contributed by atoms with Gasteiger partial charge in [0.05, 0.1) is 0 Å². The van der Waals surface area contributed by atoms with E-state index in [1.165, 1.54) is 6.07 Å². The van der Waals surface area contributed by atoms with Crippen molar-refractivity contribution in [2.24, 2.45) is 0 Å². The molecular formula is C13H13F3S. The van der Waals surface area contributed by atoms with Crippen molar-refractivity contribution in [3.8, 4) is 0 Å². The first-order chi connectivity index (χ1) is 7.89. The molecule has 1 aliphatic rings. The Morgan fingerprint density at radius 2 is 2.06 bits per heavy atom. The van der Waals surface area contributed by atoms with Crippen molar-refractivity contribution in [3.63, 3.8) is 0 Å². The van der Waals surface area contributed by atoms with Crippen LogP contribution in [-0.2, 0) is 5.41 Å². The van der Waals surface area contributed by atoms with Gasteiger partial charge in [0.15, 0.2) is 0 Å². The van der Waals surface area contributed by atoms with Gasteiger partial charge in [-0.3, -0.25) is 0 Å². The van der Waals surface area contributed by atoms with Gasteiger partial charge in [-0.25, -0.2) is 0 Å². The SMILES string of the molecule is C[C@]1(c2cccc(SC(F)(F)F)c2)C=CCC1. The van der Waals surface area contributed by atoms with E-state index in [0.717, 1.165) is 18.4 Å². The van der Waals surface area contributed by atoms with E-state index < -0.39 is 5.51 Å². The van der Waals surface area contributed by atoms with Gasteiger partial charge in [0.25, 0.3) is 0 Å². The zero-order valence-corrected chi connectivity index (χ0v) is 10.2. The topological polar surface area (TPSA) is 0 Å². The molecule has 0 saturated carbocycles. The van der Waals surface area contributed by atoms with Crippen molar-refractivity contribution in [1.29, 1.82) is 0 Å². The molecule has 0 amide bonds. The average molecular weight is 258 g/mol. The summed E-state index contributed by atoms with van der Waals surface area (Å²) in [5.41, 5.74) is -3.37. The summed E-state index contributed by atoms with van der Waals surface area (Å²) in [7, 11) is 0. The fraction of sp³-hybridized carbons (Fsp3) is 0.385. The van der Waals surface area contributed by atoms with Gasteiger partial charge in [0.2, 0.25) is 0 Å². The number of rotatable bonds is 2. The third-order valence-corrected chi connectivity index (χ3v) is 3.76. The largest absolute Gasteiger partial charge is 0.446 e. The third kappa shape index (κ3) is 3.06. The number of hydrogen-bond acceptors (Lipinski definition) is 1. The molecule has 0 unspecified atom stereocenters. The minimum atomic E-state index is -4.22. The Balaban J connectivity index is 2.26. The summed E-state index contributed by atoms with van der Waals surface area (Å²) in [4.78, 5) is 0.261. The molecule has 4 heteroatoms. The Kier molecular flexibility index (Phi) is 3.25. The Morgan fingerprint density at radius 3 is 2.65 bits per heavy atom. The molecule has 0 radical (unpaired) electrons. The fourth-order valence-corrected chi connectivity index (χ4v) is 2.70. The number of hydrogen-bond donors (Lipinski definition) is 0. The molecule has 0 nitrogen and oxygen atoms in total. The van der Waals surface area contributed by atoms with E-state index in [0.29, 0.717) is 0 Å². The molecule has 0 fully saturated rings. The van der Waals surface area contributed by atoms with Crippen LogP contribution in [-0.4, -0.2) is 5.51 Å². The lowest BCUT2D eigenvalue weighted by Crippen LogP contribution is -2.15. The first-order valence-corrected chi connectivity index (χ1v) is 6.25. The van der Waals surface area contributed by atoms with Crippen LogP contribution in [0.2, 0.25) is 0 Å². The molecule has 1 aliphatic carbocycles. The summed E-state index contributed by atoms with van der Waals surface area (Å²) in [6.07, 6.45) is 6.13. The molecule has 0 saturated heterocycles. The van der Waals surface area contributed by atoms with Gasteiger partial charge >= 0.3 is 5.51 Å². The summed E-state index contributed by atoms with van der Waals surface area (Å²) in [6.45, 7) is 2.06. The number of alkyl halides is 3. The summed E-state index contributed by atoms with van der Waals surface area (Å²) < 4.78 is 36.9. The highest BCUT2D eigenvalue weighted by Crippen LogP contribution is 2.40. The molecule has 2 rings (SSSR count). The third-order valence-electron chi connectivity index (χ3n) is 3.04. The fourth-order valence-electron chi connectivity index (χ4n) is 2.10. The highest BCUT2D eigenvalue weighted by atomic mass is 32.2. The number of benzene rings is 1. The molecular weight excluding hydrogens is 245 g/mol. The van der Waals surface area contributed by atoms with Gasteiger partial charge in [-0.15, -0.1) is 0 Å². The van der Waals surface area contributed by atoms with E-state index in [2.05, 4.69) is 19.1 Å². The maximum Gasteiger partial charge on any atom is 0.446 e. The van der Waals surface area contributed by atoms with Crippen molar-refractivity contribution in [1.82, 2.24) is 0 Å². The second-order valence-corrected chi connectivity index (χ2v) is 5.57. The smallest absolute Gasteiger partial charge is 0.160 e. The summed E-state index contributed by atoms with van der Waals surface area (Å²) in [6, 6.07) is 6.74. The lowest BCUT2D eigenvalue weighted by molar-refractivity contribution is -0.0328. The lowest BCUT2D eigenvalue weighted by Gasteiger charge is -2.23. The molecule has 0 aromatic heterocycles. The Hall–Kier alpha value is -0.900. The van der Waals surface area contributed by atoms with E-state index in [4.69, 9.17) is 0 Å². The maximum absolute atomic E-state index is 12.3. The Bertz CT molecular complexity index is 437. The van der Waals surface area contributed by atoms with E-state index >= 15 is 0 Å². The molecule has 0 bridgehead atoms. The molecule has 0 aliphatic heterocycles. The Morgan fingerprint density at radius 1 is 1.29 bits per heavy atom. The van der Waals surface area contributed by atoms with Gasteiger partial charge in [-0.1, -0.05) is 31.2 Å². The zero-order chi connectivity index (χ0) is 12.5. The first kappa shape index (κ1) is 12.6. The molecule has 1 aromatic rings. The van der Waals surface area contributed by atoms with Gasteiger partial charge in [-0.05, 0) is 42.3 Å². The Labute approximate surface area is 103 Å². The van der Waals surface area contributed by atoms with E-state index in [1.807, 2.05) is 6.07 Å². The van der Waals surface area contributed by atoms with Crippen molar-refractivity contribution in [2.75, 3.05) is 0 Å². The molecule has 0 spiro atoms. The molecule has 17 heavy (non-hydrogen) atoms. The molecule has 1 aromatic carbocycles. The maximum atomic E-state index is 12.3. The second-order valence-electron chi connectivity index (χ2n) is 4.43. The van der Waals surface area contributed by atoms with Crippen molar-refractivity contribution in [2.45, 2.75) is 35.6 Å². The van der Waals surface area contributed by atoms with Crippen LogP contribution in [0.5, 0.6) is 0 Å². The zero-order valence-electron chi connectivity index (χ0n) is 9.42. The minimum Gasteiger partial charge on any atom is -0.160 e. The van der Waals surface area contributed by atoms with Crippen LogP contribution >= 0.6 is 11.8 Å². The molecule has 0 N–H and O–H groups in total. The number of allylic oxidation sites excluding steroid dienone is 2. The highest BCUT2D eigenvalue weighted by Gasteiger charge is 2.31. The average Bonchev–Trinajstić information content (AvgIpc) is 2.64. The lowest BCUT2D eigenvalue weighted by atomic mass is 9.82. The van der Waals surface area contributed by atoms with Crippen LogP contribution in [0.15, 0.2) is 41.3 Å². The first-order valence-electron chi connectivity index (χ1n) is 5.43. The van der Waals surface area contributed by atoms with Gasteiger partial charge in [0, 0.05) is 10.3 Å². The molecule has 1 atom stereocenters. The molecule has 92 valence electrons. The minimum absolute atomic E-state index is 0.0517. The summed E-state index contributed by atoms with van der Waals surface area (Å²) in [5.74, 6) is 0. The van der Waals surface area contributed by atoms with Gasteiger partial charge in [0.1, 0.15) is 0 Å². The van der Waals surface area contributed by atoms with E-state index in [-0.39, 0.29) is 22.1 Å². The normalized spacial score (nSPS) is 24.2. The predicted molar refractivity (Wildman–Crippen MR) is 64.1 cm³/mol. The van der Waals surface area contributed by atoms with Crippen LogP contribution in [0, 0.1) is 0 Å². The van der Waals surface area contributed by atoms with Crippen LogP contribution in [0.4, 0.5) is 13.2 Å². The van der Waals surface area contributed by atoms with Crippen LogP contribution in [0.25, 0.3) is 0 Å². The van der Waals surface area contributed by atoms with E-state index in [1.54, 1.807) is 12.1 Å². The van der Waals surface area contributed by atoms with Crippen LogP contribution < -0.4 is 0 Å². The van der Waals surface area contributed by atoms with E-state index in [9.17, 15) is 13.2 Å². The predicted octanol–water partition coefficient (Wildman–Crippen LogP) is 4.91. The summed E-state index contributed by atoms with van der Waals surface area (Å²) in [5, 5.41) is 0. The highest BCUT2D eigenvalue weighted by molar-refractivity contribution is 8.00. The number of halogens is 3. The second kappa shape index (κ2) is 4.41. The monoisotopic (exact) mass is 258 g/mol. The van der Waals surface area contributed by atoms with Gasteiger partial charge in [-0.2, -0.15) is 13.2 Å². The number of thioether (sulfide) groups is 1. The van der Waals surface area contributed by atoms with Crippen LogP contribution in [0.3, 0.4) is 0 Å².